The van der Waals surface area contributed by atoms with Crippen molar-refractivity contribution in [2.75, 3.05) is 30.3 Å². The summed E-state index contributed by atoms with van der Waals surface area (Å²) in [5, 5.41) is 2.93. The number of rotatable bonds is 15. The summed E-state index contributed by atoms with van der Waals surface area (Å²) in [4.78, 5) is 28.0. The van der Waals surface area contributed by atoms with Crippen LogP contribution in [0.5, 0.6) is 5.75 Å². The lowest BCUT2D eigenvalue weighted by molar-refractivity contribution is -0.141. The van der Waals surface area contributed by atoms with E-state index in [0.717, 1.165) is 11.8 Å². The lowest BCUT2D eigenvalue weighted by Gasteiger charge is -2.31. The molecular formula is C28H41N3O5S. The summed E-state index contributed by atoms with van der Waals surface area (Å²) in [5.74, 6) is 0.321. The van der Waals surface area contributed by atoms with Crippen molar-refractivity contribution in [2.45, 2.75) is 65.5 Å². The van der Waals surface area contributed by atoms with E-state index in [1.807, 2.05) is 58.0 Å². The minimum atomic E-state index is -3.55. The maximum atomic E-state index is 13.4. The van der Waals surface area contributed by atoms with Crippen LogP contribution in [0.25, 0.3) is 0 Å². The molecule has 0 radical (unpaired) electrons. The number of nitrogens with zero attached hydrogens (tertiary/aromatic N) is 2. The third-order valence-electron chi connectivity index (χ3n) is 5.89. The molecule has 0 aliphatic rings. The first-order chi connectivity index (χ1) is 17.6. The Labute approximate surface area is 222 Å². The second-order valence-corrected chi connectivity index (χ2v) is 11.2. The number of carbonyl (C=O) groups is 2. The quantitative estimate of drug-likeness (QED) is 0.375. The average molecular weight is 532 g/mol. The number of anilines is 1. The molecule has 0 spiro atoms. The molecule has 0 aliphatic carbocycles. The highest BCUT2D eigenvalue weighted by molar-refractivity contribution is 7.92. The monoisotopic (exact) mass is 531 g/mol. The zero-order chi connectivity index (χ0) is 27.4. The van der Waals surface area contributed by atoms with Crippen LogP contribution in [0.2, 0.25) is 0 Å². The second-order valence-electron chi connectivity index (χ2n) is 9.28. The van der Waals surface area contributed by atoms with Gasteiger partial charge in [0.2, 0.25) is 21.8 Å². The fraction of sp³-hybridized carbons (Fsp3) is 0.500. The molecule has 2 aromatic rings. The van der Waals surface area contributed by atoms with E-state index in [2.05, 4.69) is 5.32 Å². The number of nitrogens with one attached hydrogen (secondary N) is 1. The zero-order valence-electron chi connectivity index (χ0n) is 22.6. The SMILES string of the molecule is CCOc1ccc(N(CCCC(=O)N(CCc2ccccc2)[C@H](CC)C(=O)NC(C)C)S(C)(=O)=O)cc1. The van der Waals surface area contributed by atoms with E-state index in [-0.39, 0.29) is 30.8 Å². The normalized spacial score (nSPS) is 12.2. The van der Waals surface area contributed by atoms with Gasteiger partial charge in [0.1, 0.15) is 11.8 Å². The van der Waals surface area contributed by atoms with Crippen LogP contribution < -0.4 is 14.4 Å². The van der Waals surface area contributed by atoms with Gasteiger partial charge in [0.25, 0.3) is 0 Å². The van der Waals surface area contributed by atoms with Crippen molar-refractivity contribution in [1.82, 2.24) is 10.2 Å². The van der Waals surface area contributed by atoms with Gasteiger partial charge in [-0.25, -0.2) is 8.42 Å². The van der Waals surface area contributed by atoms with E-state index in [0.29, 0.717) is 43.9 Å². The summed E-state index contributed by atoms with van der Waals surface area (Å²) >= 11 is 0. The van der Waals surface area contributed by atoms with Gasteiger partial charge in [-0.3, -0.25) is 13.9 Å². The Hall–Kier alpha value is -3.07. The number of sulfonamides is 1. The summed E-state index contributed by atoms with van der Waals surface area (Å²) in [6.45, 7) is 8.63. The molecule has 2 amide bonds. The van der Waals surface area contributed by atoms with Crippen molar-refractivity contribution >= 4 is 27.5 Å². The molecule has 2 rings (SSSR count). The summed E-state index contributed by atoms with van der Waals surface area (Å²) in [6, 6.07) is 16.1. The molecule has 0 heterocycles. The summed E-state index contributed by atoms with van der Waals surface area (Å²) < 4.78 is 31.8. The highest BCUT2D eigenvalue weighted by Crippen LogP contribution is 2.22. The van der Waals surface area contributed by atoms with Crippen LogP contribution >= 0.6 is 0 Å². The van der Waals surface area contributed by atoms with Crippen LogP contribution in [0, 0.1) is 0 Å². The average Bonchev–Trinajstić information content (AvgIpc) is 2.84. The van der Waals surface area contributed by atoms with Crippen LogP contribution in [-0.2, 0) is 26.0 Å². The molecule has 0 fully saturated rings. The predicted molar refractivity (Wildman–Crippen MR) is 148 cm³/mol. The lowest BCUT2D eigenvalue weighted by atomic mass is 10.1. The smallest absolute Gasteiger partial charge is 0.242 e. The molecule has 9 heteroatoms. The molecule has 1 N–H and O–H groups in total. The Bertz CT molecular complexity index is 1090. The largest absolute Gasteiger partial charge is 0.494 e. The number of carbonyl (C=O) groups excluding carboxylic acids is 2. The van der Waals surface area contributed by atoms with Gasteiger partial charge in [0.05, 0.1) is 18.6 Å². The van der Waals surface area contributed by atoms with Gasteiger partial charge < -0.3 is 15.0 Å². The molecule has 0 aliphatic heterocycles. The Kier molecular flexibility index (Phi) is 11.9. The number of ether oxygens (including phenoxy) is 1. The third-order valence-corrected chi connectivity index (χ3v) is 7.08. The number of hydrogen-bond acceptors (Lipinski definition) is 5. The van der Waals surface area contributed by atoms with E-state index in [1.54, 1.807) is 29.2 Å². The maximum Gasteiger partial charge on any atom is 0.242 e. The Balaban J connectivity index is 2.14. The highest BCUT2D eigenvalue weighted by atomic mass is 32.2. The van der Waals surface area contributed by atoms with Crippen molar-refractivity contribution in [2.24, 2.45) is 0 Å². The maximum absolute atomic E-state index is 13.4. The van der Waals surface area contributed by atoms with Gasteiger partial charge in [0.15, 0.2) is 0 Å². The van der Waals surface area contributed by atoms with Crippen LogP contribution in [0.1, 0.15) is 52.5 Å². The first-order valence-corrected chi connectivity index (χ1v) is 14.8. The van der Waals surface area contributed by atoms with Crippen molar-refractivity contribution in [3.05, 3.63) is 60.2 Å². The lowest BCUT2D eigenvalue weighted by Crippen LogP contribution is -2.51. The summed E-state index contributed by atoms with van der Waals surface area (Å²) in [7, 11) is -3.55. The van der Waals surface area contributed by atoms with Gasteiger partial charge in [-0.15, -0.1) is 0 Å². The highest BCUT2D eigenvalue weighted by Gasteiger charge is 2.28. The second kappa shape index (κ2) is 14.6. The number of hydrogen-bond donors (Lipinski definition) is 1. The van der Waals surface area contributed by atoms with Crippen molar-refractivity contribution in [3.8, 4) is 5.75 Å². The molecular weight excluding hydrogens is 490 g/mol. The molecule has 2 aromatic carbocycles. The molecule has 0 saturated carbocycles. The first kappa shape index (κ1) is 30.2. The van der Waals surface area contributed by atoms with Crippen LogP contribution in [-0.4, -0.2) is 63.2 Å². The van der Waals surface area contributed by atoms with Crippen molar-refractivity contribution in [1.29, 1.82) is 0 Å². The molecule has 0 aromatic heterocycles. The zero-order valence-corrected chi connectivity index (χ0v) is 23.5. The van der Waals surface area contributed by atoms with Gasteiger partial charge >= 0.3 is 0 Å². The fourth-order valence-corrected chi connectivity index (χ4v) is 5.12. The van der Waals surface area contributed by atoms with Crippen LogP contribution in [0.4, 0.5) is 5.69 Å². The Morgan fingerprint density at radius 3 is 2.16 bits per heavy atom. The van der Waals surface area contributed by atoms with Gasteiger partial charge in [0, 0.05) is 25.6 Å². The molecule has 0 saturated heterocycles. The predicted octanol–water partition coefficient (Wildman–Crippen LogP) is 4.01. The van der Waals surface area contributed by atoms with E-state index < -0.39 is 16.1 Å². The van der Waals surface area contributed by atoms with E-state index in [4.69, 9.17) is 4.74 Å². The third kappa shape index (κ3) is 9.72. The molecule has 0 unspecified atom stereocenters. The standard InChI is InChI=1S/C28H41N3O5S/c1-6-26(28(33)29-22(3)4)30(21-19-23-12-9-8-10-13-23)27(32)14-11-20-31(37(5,34)35)24-15-17-25(18-16-24)36-7-2/h8-10,12-13,15-18,22,26H,6-7,11,14,19-21H2,1-5H3,(H,29,33)/t26-/m1/s1. The van der Waals surface area contributed by atoms with E-state index in [9.17, 15) is 18.0 Å². The van der Waals surface area contributed by atoms with Crippen LogP contribution in [0.15, 0.2) is 54.6 Å². The summed E-state index contributed by atoms with van der Waals surface area (Å²) in [5.41, 5.74) is 1.60. The van der Waals surface area contributed by atoms with Crippen LogP contribution in [0.3, 0.4) is 0 Å². The van der Waals surface area contributed by atoms with E-state index in [1.165, 1.54) is 4.31 Å². The molecule has 37 heavy (non-hydrogen) atoms. The van der Waals surface area contributed by atoms with E-state index >= 15 is 0 Å². The fourth-order valence-electron chi connectivity index (χ4n) is 4.16. The van der Waals surface area contributed by atoms with Gasteiger partial charge in [-0.2, -0.15) is 0 Å². The number of benzene rings is 2. The Morgan fingerprint density at radius 1 is 0.973 bits per heavy atom. The molecule has 1 atom stereocenters. The first-order valence-electron chi connectivity index (χ1n) is 12.9. The molecule has 204 valence electrons. The molecule has 0 bridgehead atoms. The van der Waals surface area contributed by atoms with Crippen molar-refractivity contribution < 1.29 is 22.7 Å². The minimum absolute atomic E-state index is 0.0370. The van der Waals surface area contributed by atoms with Crippen molar-refractivity contribution in [3.63, 3.8) is 0 Å². The topological polar surface area (TPSA) is 96.0 Å². The van der Waals surface area contributed by atoms with Gasteiger partial charge in [-0.05, 0) is 69.9 Å². The summed E-state index contributed by atoms with van der Waals surface area (Å²) in [6.07, 6.45) is 2.72. The van der Waals surface area contributed by atoms with Gasteiger partial charge in [-0.1, -0.05) is 37.3 Å². The molecule has 8 nitrogen and oxygen atoms in total. The Morgan fingerprint density at radius 2 is 1.62 bits per heavy atom. The minimum Gasteiger partial charge on any atom is -0.494 e. The number of amides is 2.